The van der Waals surface area contributed by atoms with Crippen LogP contribution in [0.2, 0.25) is 0 Å². The third-order valence-corrected chi connectivity index (χ3v) is 5.11. The summed E-state index contributed by atoms with van der Waals surface area (Å²) in [6, 6.07) is 0.547. The van der Waals surface area contributed by atoms with Crippen LogP contribution in [-0.2, 0) is 9.47 Å². The second-order valence-corrected chi connectivity index (χ2v) is 8.05. The number of nitrogens with one attached hydrogen (secondary N) is 1. The summed E-state index contributed by atoms with van der Waals surface area (Å²) < 4.78 is 12.1. The maximum absolute atomic E-state index is 6.31. The lowest BCUT2D eigenvalue weighted by Gasteiger charge is -2.34. The second kappa shape index (κ2) is 6.97. The fourth-order valence-electron chi connectivity index (χ4n) is 4.24. The Morgan fingerprint density at radius 3 is 2.52 bits per heavy atom. The predicted octanol–water partition coefficient (Wildman–Crippen LogP) is 3.91. The summed E-state index contributed by atoms with van der Waals surface area (Å²) in [7, 11) is 0. The van der Waals surface area contributed by atoms with Crippen molar-refractivity contribution >= 4 is 0 Å². The average molecular weight is 297 g/mol. The lowest BCUT2D eigenvalue weighted by atomic mass is 9.79. The summed E-state index contributed by atoms with van der Waals surface area (Å²) in [5, 5.41) is 3.79. The topological polar surface area (TPSA) is 30.5 Å². The molecular formula is C18H35NO2. The third kappa shape index (κ3) is 4.67. The van der Waals surface area contributed by atoms with E-state index in [1.54, 1.807) is 0 Å². The molecule has 0 saturated carbocycles. The van der Waals surface area contributed by atoms with E-state index in [0.29, 0.717) is 18.1 Å². The Bertz CT molecular complexity index is 321. The van der Waals surface area contributed by atoms with Gasteiger partial charge in [0.1, 0.15) is 0 Å². The van der Waals surface area contributed by atoms with Crippen molar-refractivity contribution in [3.05, 3.63) is 0 Å². The van der Waals surface area contributed by atoms with E-state index < -0.39 is 0 Å². The van der Waals surface area contributed by atoms with Crippen LogP contribution in [0.5, 0.6) is 0 Å². The van der Waals surface area contributed by atoms with Gasteiger partial charge in [-0.2, -0.15) is 0 Å². The van der Waals surface area contributed by atoms with Gasteiger partial charge in [0, 0.05) is 18.6 Å². The van der Waals surface area contributed by atoms with E-state index in [-0.39, 0.29) is 11.2 Å². The summed E-state index contributed by atoms with van der Waals surface area (Å²) in [5.41, 5.74) is -0.0321. The zero-order valence-corrected chi connectivity index (χ0v) is 14.7. The molecule has 3 heteroatoms. The summed E-state index contributed by atoms with van der Waals surface area (Å²) >= 11 is 0. The minimum atomic E-state index is -0.0363. The van der Waals surface area contributed by atoms with Crippen molar-refractivity contribution in [3.8, 4) is 0 Å². The molecule has 0 amide bonds. The summed E-state index contributed by atoms with van der Waals surface area (Å²) in [5.74, 6) is 0.584. The zero-order chi connectivity index (χ0) is 15.5. The van der Waals surface area contributed by atoms with Crippen LogP contribution in [-0.4, -0.2) is 36.5 Å². The monoisotopic (exact) mass is 297 g/mol. The molecule has 21 heavy (non-hydrogen) atoms. The first-order chi connectivity index (χ1) is 9.84. The predicted molar refractivity (Wildman–Crippen MR) is 87.6 cm³/mol. The molecule has 0 spiro atoms. The summed E-state index contributed by atoms with van der Waals surface area (Å²) in [6.45, 7) is 13.3. The van der Waals surface area contributed by atoms with Crippen molar-refractivity contribution < 1.29 is 9.47 Å². The van der Waals surface area contributed by atoms with E-state index in [9.17, 15) is 0 Å². The first-order valence-corrected chi connectivity index (χ1v) is 8.89. The molecule has 2 fully saturated rings. The summed E-state index contributed by atoms with van der Waals surface area (Å²) in [4.78, 5) is 0. The van der Waals surface area contributed by atoms with Gasteiger partial charge in [0.05, 0.1) is 17.3 Å². The van der Waals surface area contributed by atoms with Crippen LogP contribution in [0.15, 0.2) is 0 Å². The Kier molecular flexibility index (Phi) is 5.72. The van der Waals surface area contributed by atoms with Crippen LogP contribution in [0, 0.1) is 5.92 Å². The highest BCUT2D eigenvalue weighted by molar-refractivity contribution is 4.99. The van der Waals surface area contributed by atoms with Crippen LogP contribution in [0.4, 0.5) is 0 Å². The second-order valence-electron chi connectivity index (χ2n) is 8.05. The number of hydrogen-bond donors (Lipinski definition) is 1. The van der Waals surface area contributed by atoms with Gasteiger partial charge in [-0.1, -0.05) is 6.92 Å². The molecule has 0 aromatic carbocycles. The van der Waals surface area contributed by atoms with Crippen molar-refractivity contribution in [1.82, 2.24) is 5.32 Å². The Morgan fingerprint density at radius 1 is 1.24 bits per heavy atom. The normalized spacial score (nSPS) is 32.4. The molecule has 1 N–H and O–H groups in total. The van der Waals surface area contributed by atoms with Crippen molar-refractivity contribution in [1.29, 1.82) is 0 Å². The Morgan fingerprint density at radius 2 is 2.00 bits per heavy atom. The van der Waals surface area contributed by atoms with E-state index in [1.165, 1.54) is 32.1 Å². The van der Waals surface area contributed by atoms with Crippen molar-refractivity contribution in [2.45, 2.75) is 96.5 Å². The lowest BCUT2D eigenvalue weighted by Crippen LogP contribution is -2.45. The molecule has 124 valence electrons. The number of ether oxygens (including phenoxy) is 2. The fraction of sp³-hybridized carbons (Fsp3) is 1.00. The maximum atomic E-state index is 6.31. The van der Waals surface area contributed by atoms with Crippen LogP contribution < -0.4 is 5.32 Å². The molecule has 2 aliphatic heterocycles. The van der Waals surface area contributed by atoms with E-state index in [1.807, 2.05) is 0 Å². The molecule has 2 rings (SSSR count). The fourth-order valence-corrected chi connectivity index (χ4v) is 4.24. The summed E-state index contributed by atoms with van der Waals surface area (Å²) in [6.07, 6.45) is 7.71. The minimum Gasteiger partial charge on any atom is -0.378 e. The molecule has 2 heterocycles. The molecule has 0 aliphatic carbocycles. The Hall–Kier alpha value is -0.120. The highest BCUT2D eigenvalue weighted by atomic mass is 16.5. The average Bonchev–Trinajstić information content (AvgIpc) is 2.95. The molecule has 3 nitrogen and oxygen atoms in total. The molecule has 3 unspecified atom stereocenters. The van der Waals surface area contributed by atoms with E-state index in [2.05, 4.69) is 39.9 Å². The third-order valence-electron chi connectivity index (χ3n) is 5.11. The molecule has 2 saturated heterocycles. The molecule has 0 aromatic heterocycles. The van der Waals surface area contributed by atoms with E-state index in [0.717, 1.165) is 19.6 Å². The van der Waals surface area contributed by atoms with Crippen molar-refractivity contribution in [2.75, 3.05) is 13.2 Å². The van der Waals surface area contributed by atoms with Gasteiger partial charge in [0.25, 0.3) is 0 Å². The molecule has 0 aromatic rings. The molecular weight excluding hydrogens is 262 g/mol. The van der Waals surface area contributed by atoms with Crippen LogP contribution in [0.1, 0.15) is 73.1 Å². The quantitative estimate of drug-likeness (QED) is 0.773. The van der Waals surface area contributed by atoms with Gasteiger partial charge in [-0.15, -0.1) is 0 Å². The highest BCUT2D eigenvalue weighted by Gasteiger charge is 2.48. The minimum absolute atomic E-state index is 0.00414. The SMILES string of the molecule is CCCNC(CCC1CCCO1)C1CC(C)(C)OC1(C)C. The molecule has 2 aliphatic rings. The first-order valence-electron chi connectivity index (χ1n) is 8.89. The van der Waals surface area contributed by atoms with Gasteiger partial charge in [-0.25, -0.2) is 0 Å². The van der Waals surface area contributed by atoms with E-state index in [4.69, 9.17) is 9.47 Å². The lowest BCUT2D eigenvalue weighted by molar-refractivity contribution is -0.0782. The first kappa shape index (κ1) is 17.2. The molecule has 3 atom stereocenters. The smallest absolute Gasteiger partial charge is 0.0677 e. The van der Waals surface area contributed by atoms with Crippen molar-refractivity contribution in [2.24, 2.45) is 5.92 Å². The van der Waals surface area contributed by atoms with Gasteiger partial charge in [0.15, 0.2) is 0 Å². The number of rotatable bonds is 7. The van der Waals surface area contributed by atoms with Crippen molar-refractivity contribution in [3.63, 3.8) is 0 Å². The maximum Gasteiger partial charge on any atom is 0.0677 e. The van der Waals surface area contributed by atoms with Gasteiger partial charge >= 0.3 is 0 Å². The largest absolute Gasteiger partial charge is 0.378 e. The number of hydrogen-bond acceptors (Lipinski definition) is 3. The highest BCUT2D eigenvalue weighted by Crippen LogP contribution is 2.44. The van der Waals surface area contributed by atoms with Gasteiger partial charge in [0.2, 0.25) is 0 Å². The van der Waals surface area contributed by atoms with E-state index >= 15 is 0 Å². The van der Waals surface area contributed by atoms with Gasteiger partial charge in [-0.05, 0) is 72.8 Å². The van der Waals surface area contributed by atoms with Gasteiger partial charge < -0.3 is 14.8 Å². The van der Waals surface area contributed by atoms with Crippen LogP contribution in [0.3, 0.4) is 0 Å². The Balaban J connectivity index is 1.97. The van der Waals surface area contributed by atoms with Crippen LogP contribution in [0.25, 0.3) is 0 Å². The van der Waals surface area contributed by atoms with Crippen LogP contribution >= 0.6 is 0 Å². The molecule has 0 radical (unpaired) electrons. The standard InChI is InChI=1S/C18H35NO2/c1-6-11-19-16(10-9-14-8-7-12-20-14)15-13-17(2,3)21-18(15,4)5/h14-16,19H,6-13H2,1-5H3. The Labute approximate surface area is 131 Å². The zero-order valence-electron chi connectivity index (χ0n) is 14.7. The molecule has 0 bridgehead atoms. The van der Waals surface area contributed by atoms with Gasteiger partial charge in [-0.3, -0.25) is 0 Å².